The van der Waals surface area contributed by atoms with Gasteiger partial charge in [0.25, 0.3) is 0 Å². The second kappa shape index (κ2) is 10.4. The summed E-state index contributed by atoms with van der Waals surface area (Å²) in [6.45, 7) is 8.90. The molecule has 0 aliphatic carbocycles. The minimum atomic E-state index is -0.337. The van der Waals surface area contributed by atoms with Crippen LogP contribution in [0.4, 0.5) is 14.5 Å². The fourth-order valence-corrected chi connectivity index (χ4v) is 3.65. The van der Waals surface area contributed by atoms with Crippen LogP contribution >= 0.6 is 0 Å². The Kier molecular flexibility index (Phi) is 7.63. The molecule has 1 amide bonds. The number of likely N-dealkylation sites (N-methyl/N-ethyl adjacent to an activating group) is 1. The highest BCUT2D eigenvalue weighted by Gasteiger charge is 2.21. The topological polar surface area (TPSA) is 44.8 Å². The number of carbonyl (C=O) groups excluding carboxylic acids is 1. The van der Waals surface area contributed by atoms with Gasteiger partial charge in [-0.25, -0.2) is 8.78 Å². The second-order valence-corrected chi connectivity index (χ2v) is 7.47. The van der Waals surface area contributed by atoms with Gasteiger partial charge in [-0.05, 0) is 55.9 Å². The lowest BCUT2D eigenvalue weighted by atomic mass is 10.0. The third-order valence-corrected chi connectivity index (χ3v) is 5.41. The van der Waals surface area contributed by atoms with Gasteiger partial charge in [-0.15, -0.1) is 0 Å². The number of carbonyl (C=O) groups is 1. The van der Waals surface area contributed by atoms with Gasteiger partial charge >= 0.3 is 0 Å². The van der Waals surface area contributed by atoms with Crippen LogP contribution in [0, 0.1) is 11.6 Å². The fraction of sp³-hybridized carbons (Fsp3) is 0.435. The van der Waals surface area contributed by atoms with Crippen molar-refractivity contribution in [2.45, 2.75) is 26.3 Å². The lowest BCUT2D eigenvalue weighted by molar-refractivity contribution is -0.122. The molecule has 5 nitrogen and oxygen atoms in total. The Labute approximate surface area is 176 Å². The van der Waals surface area contributed by atoms with Crippen LogP contribution in [0.25, 0.3) is 0 Å². The molecule has 1 aliphatic rings. The monoisotopic (exact) mass is 417 g/mol. The fourth-order valence-electron chi connectivity index (χ4n) is 3.65. The molecule has 1 aliphatic heterocycles. The van der Waals surface area contributed by atoms with Gasteiger partial charge in [0, 0.05) is 37.4 Å². The lowest BCUT2D eigenvalue weighted by Gasteiger charge is -2.37. The number of hydrogen-bond acceptors (Lipinski definition) is 4. The van der Waals surface area contributed by atoms with Crippen LogP contribution in [0.15, 0.2) is 42.5 Å². The molecule has 0 saturated carbocycles. The highest BCUT2D eigenvalue weighted by molar-refractivity contribution is 5.77. The molecule has 0 radical (unpaired) electrons. The van der Waals surface area contributed by atoms with Crippen molar-refractivity contribution in [1.82, 2.24) is 10.2 Å². The van der Waals surface area contributed by atoms with Crippen molar-refractivity contribution in [1.29, 1.82) is 0 Å². The normalized spacial score (nSPS) is 15.7. The molecule has 1 fully saturated rings. The van der Waals surface area contributed by atoms with Crippen molar-refractivity contribution in [2.75, 3.05) is 44.2 Å². The maximum Gasteiger partial charge on any atom is 0.223 e. The molecule has 1 saturated heterocycles. The first-order valence-corrected chi connectivity index (χ1v) is 10.4. The molecule has 30 heavy (non-hydrogen) atoms. The number of hydrogen-bond donors (Lipinski definition) is 1. The van der Waals surface area contributed by atoms with Gasteiger partial charge in [0.2, 0.25) is 5.91 Å². The predicted molar refractivity (Wildman–Crippen MR) is 114 cm³/mol. The summed E-state index contributed by atoms with van der Waals surface area (Å²) in [5.74, 6) is -0.330. The van der Waals surface area contributed by atoms with Crippen LogP contribution in [-0.4, -0.2) is 50.1 Å². The first kappa shape index (κ1) is 22.0. The van der Waals surface area contributed by atoms with E-state index in [2.05, 4.69) is 22.0 Å². The van der Waals surface area contributed by atoms with E-state index in [0.717, 1.165) is 44.0 Å². The van der Waals surface area contributed by atoms with E-state index in [0.29, 0.717) is 5.75 Å². The van der Waals surface area contributed by atoms with Crippen LogP contribution in [0.1, 0.15) is 31.9 Å². The molecule has 3 rings (SSSR count). The largest absolute Gasteiger partial charge is 0.493 e. The van der Waals surface area contributed by atoms with E-state index in [1.807, 2.05) is 6.92 Å². The van der Waals surface area contributed by atoms with E-state index < -0.39 is 0 Å². The van der Waals surface area contributed by atoms with Crippen molar-refractivity contribution in [3.05, 3.63) is 59.7 Å². The van der Waals surface area contributed by atoms with Crippen LogP contribution in [0.2, 0.25) is 0 Å². The van der Waals surface area contributed by atoms with Crippen LogP contribution in [0.5, 0.6) is 5.75 Å². The molecule has 0 spiro atoms. The lowest BCUT2D eigenvalue weighted by Crippen LogP contribution is -2.46. The Balaban J connectivity index is 1.57. The van der Waals surface area contributed by atoms with Gasteiger partial charge in [0.1, 0.15) is 17.4 Å². The summed E-state index contributed by atoms with van der Waals surface area (Å²) < 4.78 is 32.4. The summed E-state index contributed by atoms with van der Waals surface area (Å²) in [7, 11) is 0. The van der Waals surface area contributed by atoms with Crippen molar-refractivity contribution in [3.8, 4) is 5.75 Å². The Bertz CT molecular complexity index is 837. The molecule has 0 aromatic heterocycles. The number of amides is 1. The summed E-state index contributed by atoms with van der Waals surface area (Å²) in [6.07, 6.45) is 0.154. The van der Waals surface area contributed by atoms with Crippen molar-refractivity contribution >= 4 is 11.6 Å². The van der Waals surface area contributed by atoms with E-state index in [-0.39, 0.29) is 36.6 Å². The third kappa shape index (κ3) is 5.92. The van der Waals surface area contributed by atoms with Gasteiger partial charge in [0.15, 0.2) is 0 Å². The van der Waals surface area contributed by atoms with Crippen LogP contribution in [0.3, 0.4) is 0 Å². The number of anilines is 1. The highest BCUT2D eigenvalue weighted by Crippen LogP contribution is 2.28. The number of benzene rings is 2. The molecule has 0 bridgehead atoms. The Morgan fingerprint density at radius 2 is 1.73 bits per heavy atom. The summed E-state index contributed by atoms with van der Waals surface area (Å²) >= 11 is 0. The minimum absolute atomic E-state index is 0.154. The molecular formula is C23H29F2N3O2. The standard InChI is InChI=1S/C23H29F2N3O2/c1-3-27-11-13-28(14-12-27)22-9-6-19(25)16-21(22)17(2)26-23(29)10-15-30-20-7-4-18(24)5-8-20/h4-9,16-17H,3,10-15H2,1-2H3,(H,26,29). The average Bonchev–Trinajstić information content (AvgIpc) is 2.75. The second-order valence-electron chi connectivity index (χ2n) is 7.47. The Morgan fingerprint density at radius 1 is 1.07 bits per heavy atom. The SMILES string of the molecule is CCN1CCN(c2ccc(F)cc2C(C)NC(=O)CCOc2ccc(F)cc2)CC1. The zero-order chi connectivity index (χ0) is 21.5. The molecule has 162 valence electrons. The summed E-state index contributed by atoms with van der Waals surface area (Å²) in [6, 6.07) is 10.1. The minimum Gasteiger partial charge on any atom is -0.493 e. The van der Waals surface area contributed by atoms with Gasteiger partial charge in [0.05, 0.1) is 19.1 Å². The zero-order valence-electron chi connectivity index (χ0n) is 17.5. The summed E-state index contributed by atoms with van der Waals surface area (Å²) in [5.41, 5.74) is 1.73. The quantitative estimate of drug-likeness (QED) is 0.711. The Hall–Kier alpha value is -2.67. The van der Waals surface area contributed by atoms with E-state index in [1.54, 1.807) is 6.07 Å². The van der Waals surface area contributed by atoms with Crippen molar-refractivity contribution in [2.24, 2.45) is 0 Å². The van der Waals surface area contributed by atoms with E-state index in [4.69, 9.17) is 4.74 Å². The number of rotatable bonds is 8. The molecular weight excluding hydrogens is 388 g/mol. The van der Waals surface area contributed by atoms with Gasteiger partial charge < -0.3 is 19.9 Å². The average molecular weight is 418 g/mol. The highest BCUT2D eigenvalue weighted by atomic mass is 19.1. The molecule has 1 unspecified atom stereocenters. The van der Waals surface area contributed by atoms with E-state index >= 15 is 0 Å². The molecule has 1 heterocycles. The number of piperazine rings is 1. The first-order valence-electron chi connectivity index (χ1n) is 10.4. The summed E-state index contributed by atoms with van der Waals surface area (Å²) in [5, 5.41) is 2.94. The molecule has 1 N–H and O–H groups in total. The van der Waals surface area contributed by atoms with Gasteiger partial charge in [-0.2, -0.15) is 0 Å². The molecule has 2 aromatic rings. The zero-order valence-corrected chi connectivity index (χ0v) is 17.5. The molecule has 1 atom stereocenters. The number of nitrogens with zero attached hydrogens (tertiary/aromatic N) is 2. The maximum atomic E-state index is 14.0. The van der Waals surface area contributed by atoms with Crippen LogP contribution in [-0.2, 0) is 4.79 Å². The van der Waals surface area contributed by atoms with E-state index in [9.17, 15) is 13.6 Å². The third-order valence-electron chi connectivity index (χ3n) is 5.41. The first-order chi connectivity index (χ1) is 14.5. The van der Waals surface area contributed by atoms with Gasteiger partial charge in [-0.1, -0.05) is 6.92 Å². The smallest absolute Gasteiger partial charge is 0.223 e. The summed E-state index contributed by atoms with van der Waals surface area (Å²) in [4.78, 5) is 17.0. The van der Waals surface area contributed by atoms with Crippen molar-refractivity contribution < 1.29 is 18.3 Å². The number of ether oxygens (including phenoxy) is 1. The predicted octanol–water partition coefficient (Wildman–Crippen LogP) is 3.75. The van der Waals surface area contributed by atoms with E-state index in [1.165, 1.54) is 36.4 Å². The maximum absolute atomic E-state index is 14.0. The van der Waals surface area contributed by atoms with Gasteiger partial charge in [-0.3, -0.25) is 4.79 Å². The molecule has 7 heteroatoms. The Morgan fingerprint density at radius 3 is 2.40 bits per heavy atom. The molecule has 2 aromatic carbocycles. The number of halogens is 2. The van der Waals surface area contributed by atoms with Crippen LogP contribution < -0.4 is 15.0 Å². The number of nitrogens with one attached hydrogen (secondary N) is 1. The van der Waals surface area contributed by atoms with Crippen molar-refractivity contribution in [3.63, 3.8) is 0 Å².